The second-order valence-corrected chi connectivity index (χ2v) is 5.27. The summed E-state index contributed by atoms with van der Waals surface area (Å²) in [4.78, 5) is 21.2. The van der Waals surface area contributed by atoms with Crippen LogP contribution < -0.4 is 0 Å². The van der Waals surface area contributed by atoms with E-state index in [4.69, 9.17) is 23.2 Å². The Hall–Kier alpha value is -0.280. The molecule has 16 heavy (non-hydrogen) atoms. The largest absolute Gasteiger partial charge is 0.469 e. The Morgan fingerprint density at radius 2 is 1.75 bits per heavy atom. The van der Waals surface area contributed by atoms with E-state index in [0.717, 1.165) is 32.1 Å². The number of alkyl halides is 2. The Balaban J connectivity index is 3.28. The first kappa shape index (κ1) is 15.7. The highest BCUT2D eigenvalue weighted by Crippen LogP contribution is 2.25. The van der Waals surface area contributed by atoms with Crippen molar-refractivity contribution in [1.29, 1.82) is 0 Å². The van der Waals surface area contributed by atoms with E-state index in [9.17, 15) is 9.59 Å². The predicted molar refractivity (Wildman–Crippen MR) is 64.8 cm³/mol. The number of carbonyl (C=O) groups is 2. The maximum absolute atomic E-state index is 10.8. The molecule has 0 heterocycles. The molecular weight excluding hydrogens is 251 g/mol. The van der Waals surface area contributed by atoms with Crippen LogP contribution in [-0.4, -0.2) is 23.7 Å². The highest BCUT2D eigenvalue weighted by atomic mass is 35.5. The number of halogens is 2. The van der Waals surface area contributed by atoms with E-state index < -0.39 is 4.33 Å². The van der Waals surface area contributed by atoms with Gasteiger partial charge < -0.3 is 9.53 Å². The van der Waals surface area contributed by atoms with Crippen molar-refractivity contribution in [3.63, 3.8) is 0 Å². The molecule has 0 fully saturated rings. The molecule has 0 aliphatic rings. The Bertz CT molecular complexity index is 217. The number of rotatable bonds is 9. The molecule has 0 N–H and O–H groups in total. The van der Waals surface area contributed by atoms with E-state index in [1.54, 1.807) is 0 Å². The van der Waals surface area contributed by atoms with Crippen molar-refractivity contribution in [2.24, 2.45) is 0 Å². The van der Waals surface area contributed by atoms with E-state index in [1.807, 2.05) is 0 Å². The molecule has 0 amide bonds. The van der Waals surface area contributed by atoms with Crippen LogP contribution in [0, 0.1) is 0 Å². The van der Waals surface area contributed by atoms with E-state index in [0.29, 0.717) is 19.1 Å². The van der Waals surface area contributed by atoms with Gasteiger partial charge in [0.05, 0.1) is 7.11 Å². The normalized spacial score (nSPS) is 11.2. The van der Waals surface area contributed by atoms with Gasteiger partial charge in [0.15, 0.2) is 10.6 Å². The number of hydrogen-bond acceptors (Lipinski definition) is 3. The molecule has 0 unspecified atom stereocenters. The Kier molecular flexibility index (Phi) is 8.67. The van der Waals surface area contributed by atoms with E-state index in [1.165, 1.54) is 7.11 Å². The Labute approximate surface area is 106 Å². The monoisotopic (exact) mass is 268 g/mol. The molecule has 5 heteroatoms. The van der Waals surface area contributed by atoms with Crippen LogP contribution in [0.1, 0.15) is 44.9 Å². The van der Waals surface area contributed by atoms with Gasteiger partial charge in [-0.3, -0.25) is 4.79 Å². The summed E-state index contributed by atoms with van der Waals surface area (Å²) in [7, 11) is 1.39. The second-order valence-electron chi connectivity index (χ2n) is 3.72. The number of unbranched alkanes of at least 4 members (excludes halogenated alkanes) is 4. The number of carbonyl (C=O) groups excluding carboxylic acids is 2. The zero-order chi connectivity index (χ0) is 12.4. The fraction of sp³-hybridized carbons (Fsp3) is 0.818. The first-order chi connectivity index (χ1) is 7.52. The zero-order valence-electron chi connectivity index (χ0n) is 9.51. The van der Waals surface area contributed by atoms with Crippen LogP contribution in [0.5, 0.6) is 0 Å². The summed E-state index contributed by atoms with van der Waals surface area (Å²) in [5.41, 5.74) is 0. The van der Waals surface area contributed by atoms with Crippen LogP contribution in [0.4, 0.5) is 0 Å². The molecule has 0 spiro atoms. The first-order valence-electron chi connectivity index (χ1n) is 5.43. The molecule has 0 aromatic carbocycles. The van der Waals surface area contributed by atoms with Crippen LogP contribution >= 0.6 is 23.2 Å². The average Bonchev–Trinajstić information content (AvgIpc) is 2.27. The summed E-state index contributed by atoms with van der Waals surface area (Å²) in [6.45, 7) is 0. The molecular formula is C11H18Cl2O3. The van der Waals surface area contributed by atoms with Crippen molar-refractivity contribution in [2.45, 2.75) is 49.3 Å². The lowest BCUT2D eigenvalue weighted by molar-refractivity contribution is -0.140. The van der Waals surface area contributed by atoms with Crippen molar-refractivity contribution >= 4 is 35.5 Å². The molecule has 0 rings (SSSR count). The number of hydrogen-bond donors (Lipinski definition) is 0. The summed E-state index contributed by atoms with van der Waals surface area (Å²) in [6.07, 6.45) is 6.14. The SMILES string of the molecule is COC(=O)CCCCCCCC(Cl)(Cl)C=O. The van der Waals surface area contributed by atoms with Crippen LogP contribution in [0.25, 0.3) is 0 Å². The van der Waals surface area contributed by atoms with Gasteiger partial charge in [0.25, 0.3) is 0 Å². The molecule has 0 radical (unpaired) electrons. The minimum Gasteiger partial charge on any atom is -0.469 e. The molecule has 0 aliphatic carbocycles. The van der Waals surface area contributed by atoms with Crippen molar-refractivity contribution < 1.29 is 14.3 Å². The maximum atomic E-state index is 10.8. The number of ether oxygens (including phenoxy) is 1. The molecule has 0 atom stereocenters. The summed E-state index contributed by atoms with van der Waals surface area (Å²) in [5.74, 6) is -0.165. The fourth-order valence-corrected chi connectivity index (χ4v) is 1.59. The van der Waals surface area contributed by atoms with Gasteiger partial charge in [-0.2, -0.15) is 0 Å². The lowest BCUT2D eigenvalue weighted by Gasteiger charge is -2.10. The fourth-order valence-electron chi connectivity index (χ4n) is 1.32. The number of esters is 1. The molecule has 0 aromatic rings. The highest BCUT2D eigenvalue weighted by molar-refractivity contribution is 6.55. The average molecular weight is 269 g/mol. The van der Waals surface area contributed by atoms with Crippen molar-refractivity contribution in [3.05, 3.63) is 0 Å². The van der Waals surface area contributed by atoms with Gasteiger partial charge in [-0.25, -0.2) is 0 Å². The highest BCUT2D eigenvalue weighted by Gasteiger charge is 2.21. The maximum Gasteiger partial charge on any atom is 0.305 e. The summed E-state index contributed by atoms with van der Waals surface area (Å²) >= 11 is 11.3. The standard InChI is InChI=1S/C11H18Cl2O3/c1-16-10(15)7-5-3-2-4-6-8-11(12,13)9-14/h9H,2-8H2,1H3. The third-order valence-corrected chi connectivity index (χ3v) is 2.85. The summed E-state index contributed by atoms with van der Waals surface area (Å²) in [5, 5.41) is 0. The van der Waals surface area contributed by atoms with E-state index >= 15 is 0 Å². The topological polar surface area (TPSA) is 43.4 Å². The molecule has 0 saturated carbocycles. The van der Waals surface area contributed by atoms with Crippen LogP contribution in [0.2, 0.25) is 0 Å². The van der Waals surface area contributed by atoms with Crippen LogP contribution in [-0.2, 0) is 14.3 Å². The third-order valence-electron chi connectivity index (χ3n) is 2.29. The van der Waals surface area contributed by atoms with Crippen LogP contribution in [0.15, 0.2) is 0 Å². The van der Waals surface area contributed by atoms with Gasteiger partial charge in [0.1, 0.15) is 0 Å². The van der Waals surface area contributed by atoms with Gasteiger partial charge in [-0.05, 0) is 12.8 Å². The quantitative estimate of drug-likeness (QED) is 0.279. The number of methoxy groups -OCH3 is 1. The lowest BCUT2D eigenvalue weighted by atomic mass is 10.1. The van der Waals surface area contributed by atoms with Crippen molar-refractivity contribution in [1.82, 2.24) is 0 Å². The van der Waals surface area contributed by atoms with Crippen molar-refractivity contribution in [3.8, 4) is 0 Å². The van der Waals surface area contributed by atoms with Gasteiger partial charge in [0, 0.05) is 6.42 Å². The van der Waals surface area contributed by atoms with Crippen LogP contribution in [0.3, 0.4) is 0 Å². The summed E-state index contributed by atoms with van der Waals surface area (Å²) in [6, 6.07) is 0. The molecule has 0 saturated heterocycles. The molecule has 94 valence electrons. The van der Waals surface area contributed by atoms with Gasteiger partial charge in [-0.1, -0.05) is 48.9 Å². The van der Waals surface area contributed by atoms with Gasteiger partial charge in [-0.15, -0.1) is 0 Å². The van der Waals surface area contributed by atoms with Gasteiger partial charge in [0.2, 0.25) is 0 Å². The zero-order valence-corrected chi connectivity index (χ0v) is 11.0. The summed E-state index contributed by atoms with van der Waals surface area (Å²) < 4.78 is 3.29. The minimum atomic E-state index is -1.23. The van der Waals surface area contributed by atoms with Crippen molar-refractivity contribution in [2.75, 3.05) is 7.11 Å². The van der Waals surface area contributed by atoms with Gasteiger partial charge >= 0.3 is 5.97 Å². The number of aldehydes is 1. The molecule has 0 aliphatic heterocycles. The Morgan fingerprint density at radius 3 is 2.31 bits per heavy atom. The third kappa shape index (κ3) is 8.98. The smallest absolute Gasteiger partial charge is 0.305 e. The molecule has 0 aromatic heterocycles. The van der Waals surface area contributed by atoms with E-state index in [-0.39, 0.29) is 5.97 Å². The predicted octanol–water partition coefficient (Wildman–Crippen LogP) is 3.26. The molecule has 0 bridgehead atoms. The lowest BCUT2D eigenvalue weighted by Crippen LogP contribution is -2.13. The minimum absolute atomic E-state index is 0.165. The molecule has 3 nitrogen and oxygen atoms in total. The first-order valence-corrected chi connectivity index (χ1v) is 6.18. The Morgan fingerprint density at radius 1 is 1.19 bits per heavy atom. The second kappa shape index (κ2) is 8.82. The van der Waals surface area contributed by atoms with E-state index in [2.05, 4.69) is 4.74 Å².